The largest absolute Gasteiger partial charge is 0.348 e. The van der Waals surface area contributed by atoms with Crippen molar-refractivity contribution in [2.24, 2.45) is 0 Å². The van der Waals surface area contributed by atoms with Gasteiger partial charge in [0.1, 0.15) is 0 Å². The van der Waals surface area contributed by atoms with Gasteiger partial charge in [-0.25, -0.2) is 0 Å². The van der Waals surface area contributed by atoms with Crippen molar-refractivity contribution in [3.63, 3.8) is 0 Å². The number of carbonyl (C=O) groups excluding carboxylic acids is 1. The lowest BCUT2D eigenvalue weighted by atomic mass is 9.86. The fourth-order valence-corrected chi connectivity index (χ4v) is 4.27. The summed E-state index contributed by atoms with van der Waals surface area (Å²) in [5.41, 5.74) is 4.50. The van der Waals surface area contributed by atoms with E-state index in [1.807, 2.05) is 19.1 Å². The van der Waals surface area contributed by atoms with Gasteiger partial charge in [-0.3, -0.25) is 4.79 Å². The van der Waals surface area contributed by atoms with Crippen LogP contribution in [-0.2, 0) is 13.0 Å². The lowest BCUT2D eigenvalue weighted by molar-refractivity contribution is -0.707. The van der Waals surface area contributed by atoms with Crippen LogP contribution < -0.4 is 4.57 Å². The van der Waals surface area contributed by atoms with E-state index in [1.165, 1.54) is 21.9 Å². The van der Waals surface area contributed by atoms with E-state index in [4.69, 9.17) is 0 Å². The molecule has 2 aromatic carbocycles. The zero-order chi connectivity index (χ0) is 19.1. The van der Waals surface area contributed by atoms with E-state index in [-0.39, 0.29) is 11.8 Å². The van der Waals surface area contributed by atoms with E-state index in [0.717, 1.165) is 30.5 Å². The molecule has 0 spiro atoms. The third-order valence-corrected chi connectivity index (χ3v) is 5.75. The second kappa shape index (κ2) is 6.75. The monoisotopic (exact) mass is 367 g/mol. The minimum absolute atomic E-state index is 0.115. The van der Waals surface area contributed by atoms with E-state index >= 15 is 0 Å². The first-order chi connectivity index (χ1) is 13.7. The molecule has 0 saturated heterocycles. The number of pyridine rings is 1. The second-order valence-electron chi connectivity index (χ2n) is 7.80. The molecule has 0 amide bonds. The van der Waals surface area contributed by atoms with Crippen LogP contribution in [0.4, 0.5) is 0 Å². The van der Waals surface area contributed by atoms with Gasteiger partial charge in [-0.2, -0.15) is 4.57 Å². The zero-order valence-corrected chi connectivity index (χ0v) is 16.0. The molecule has 0 N–H and O–H groups in total. The molecule has 0 saturated carbocycles. The average Bonchev–Trinajstić information content (AvgIpc) is 3.11. The Morgan fingerprint density at radius 3 is 2.71 bits per heavy atom. The summed E-state index contributed by atoms with van der Waals surface area (Å²) in [7, 11) is 0. The Kier molecular flexibility index (Phi) is 4.09. The van der Waals surface area contributed by atoms with Gasteiger partial charge in [-0.15, -0.1) is 0 Å². The van der Waals surface area contributed by atoms with Gasteiger partial charge in [-0.05, 0) is 30.5 Å². The highest BCUT2D eigenvalue weighted by atomic mass is 16.1. The molecule has 5 rings (SSSR count). The van der Waals surface area contributed by atoms with E-state index in [1.54, 1.807) is 0 Å². The summed E-state index contributed by atoms with van der Waals surface area (Å²) >= 11 is 0. The van der Waals surface area contributed by atoms with Crippen molar-refractivity contribution in [3.8, 4) is 0 Å². The fourth-order valence-electron chi connectivity index (χ4n) is 4.27. The van der Waals surface area contributed by atoms with Gasteiger partial charge in [0.2, 0.25) is 11.8 Å². The predicted molar refractivity (Wildman–Crippen MR) is 111 cm³/mol. The van der Waals surface area contributed by atoms with Gasteiger partial charge in [0, 0.05) is 42.4 Å². The molecular formula is C25H23N2O+. The molecule has 0 radical (unpaired) electrons. The van der Waals surface area contributed by atoms with Gasteiger partial charge in [0.15, 0.2) is 12.4 Å². The third kappa shape index (κ3) is 3.03. The maximum absolute atomic E-state index is 13.1. The number of aromatic nitrogens is 2. The van der Waals surface area contributed by atoms with E-state index in [0.29, 0.717) is 0 Å². The number of benzene rings is 2. The maximum atomic E-state index is 13.1. The minimum atomic E-state index is -0.115. The fraction of sp³-hybridized carbons (Fsp3) is 0.200. The Labute approximate surface area is 164 Å². The molecule has 0 aliphatic heterocycles. The number of fused-ring (bicyclic) bond motifs is 2. The molecule has 2 heterocycles. The molecule has 138 valence electrons. The first-order valence-electron chi connectivity index (χ1n) is 9.85. The third-order valence-electron chi connectivity index (χ3n) is 5.75. The summed E-state index contributed by atoms with van der Waals surface area (Å²) in [6, 6.07) is 18.7. The average molecular weight is 367 g/mol. The van der Waals surface area contributed by atoms with Gasteiger partial charge in [0.25, 0.3) is 0 Å². The standard InChI is InChI=1S/C25H23N2O/c1-18-7-8-20-9-10-24(25(28)23(20)13-18)27-12-11-21-15-26(16-22(21)17-27)14-19-5-3-2-4-6-19/h2-8,11-13,15-17,24H,9-10,14H2,1H3/q+1. The number of hydrogen-bond donors (Lipinski definition) is 0. The van der Waals surface area contributed by atoms with Gasteiger partial charge < -0.3 is 4.57 Å². The number of hydrogen-bond acceptors (Lipinski definition) is 1. The molecule has 3 nitrogen and oxygen atoms in total. The molecule has 0 fully saturated rings. The Morgan fingerprint density at radius 2 is 1.86 bits per heavy atom. The molecule has 1 aliphatic rings. The van der Waals surface area contributed by atoms with Crippen LogP contribution in [0.3, 0.4) is 0 Å². The van der Waals surface area contributed by atoms with Crippen LogP contribution in [0.15, 0.2) is 79.4 Å². The van der Waals surface area contributed by atoms with Gasteiger partial charge in [-0.1, -0.05) is 48.0 Å². The minimum Gasteiger partial charge on any atom is -0.348 e. The summed E-state index contributed by atoms with van der Waals surface area (Å²) in [5, 5.41) is 2.37. The van der Waals surface area contributed by atoms with E-state index < -0.39 is 0 Å². The van der Waals surface area contributed by atoms with Crippen LogP contribution in [0, 0.1) is 6.92 Å². The Balaban J connectivity index is 1.46. The number of aryl methyl sites for hydroxylation is 2. The number of nitrogens with zero attached hydrogens (tertiary/aromatic N) is 2. The lowest BCUT2D eigenvalue weighted by Gasteiger charge is -2.20. The number of rotatable bonds is 3. The molecular weight excluding hydrogens is 344 g/mol. The molecule has 2 aromatic heterocycles. The number of ketones is 1. The summed E-state index contributed by atoms with van der Waals surface area (Å²) < 4.78 is 4.31. The first kappa shape index (κ1) is 16.9. The van der Waals surface area contributed by atoms with Crippen LogP contribution in [0.1, 0.15) is 39.5 Å². The number of Topliss-reactive ketones (excluding diaryl/α,β-unsaturated/α-hetero) is 1. The van der Waals surface area contributed by atoms with Crippen molar-refractivity contribution in [1.29, 1.82) is 0 Å². The van der Waals surface area contributed by atoms with Crippen molar-refractivity contribution < 1.29 is 9.36 Å². The topological polar surface area (TPSA) is 25.9 Å². The summed E-state index contributed by atoms with van der Waals surface area (Å²) in [4.78, 5) is 13.1. The second-order valence-corrected chi connectivity index (χ2v) is 7.80. The molecule has 1 aliphatic carbocycles. The number of carbonyl (C=O) groups is 1. The van der Waals surface area contributed by atoms with Crippen LogP contribution in [0.2, 0.25) is 0 Å². The van der Waals surface area contributed by atoms with Crippen molar-refractivity contribution in [2.45, 2.75) is 32.4 Å². The van der Waals surface area contributed by atoms with Gasteiger partial charge >= 0.3 is 0 Å². The SMILES string of the molecule is Cc1ccc2c(c1)C(=O)C([n+]1ccc3cn(Cc4ccccc4)cc3c1)CC2. The highest BCUT2D eigenvalue weighted by Gasteiger charge is 2.34. The molecule has 4 aromatic rings. The lowest BCUT2D eigenvalue weighted by Crippen LogP contribution is -2.45. The van der Waals surface area contributed by atoms with Crippen LogP contribution in [0.5, 0.6) is 0 Å². The molecule has 0 bridgehead atoms. The van der Waals surface area contributed by atoms with Crippen molar-refractivity contribution >= 4 is 16.6 Å². The van der Waals surface area contributed by atoms with Crippen molar-refractivity contribution in [3.05, 3.63) is 102 Å². The van der Waals surface area contributed by atoms with Crippen LogP contribution in [-0.4, -0.2) is 10.4 Å². The highest BCUT2D eigenvalue weighted by molar-refractivity contribution is 6.00. The zero-order valence-electron chi connectivity index (χ0n) is 16.0. The molecule has 28 heavy (non-hydrogen) atoms. The van der Waals surface area contributed by atoms with E-state index in [2.05, 4.69) is 76.4 Å². The van der Waals surface area contributed by atoms with Crippen LogP contribution in [0.25, 0.3) is 10.8 Å². The summed E-state index contributed by atoms with van der Waals surface area (Å²) in [6.45, 7) is 2.90. The highest BCUT2D eigenvalue weighted by Crippen LogP contribution is 2.27. The molecule has 1 atom stereocenters. The molecule has 3 heteroatoms. The maximum Gasteiger partial charge on any atom is 0.230 e. The predicted octanol–water partition coefficient (Wildman–Crippen LogP) is 4.66. The smallest absolute Gasteiger partial charge is 0.230 e. The summed E-state index contributed by atoms with van der Waals surface area (Å²) in [6.07, 6.45) is 10.3. The van der Waals surface area contributed by atoms with Gasteiger partial charge in [0.05, 0.1) is 5.39 Å². The Morgan fingerprint density at radius 1 is 1.04 bits per heavy atom. The Hall–Kier alpha value is -3.20. The van der Waals surface area contributed by atoms with Crippen molar-refractivity contribution in [2.75, 3.05) is 0 Å². The Bertz CT molecular complexity index is 1170. The van der Waals surface area contributed by atoms with Crippen LogP contribution >= 0.6 is 0 Å². The first-order valence-corrected chi connectivity index (χ1v) is 9.85. The molecule has 1 unspecified atom stereocenters. The normalized spacial score (nSPS) is 16.3. The quantitative estimate of drug-likeness (QED) is 0.484. The van der Waals surface area contributed by atoms with E-state index in [9.17, 15) is 4.79 Å². The summed E-state index contributed by atoms with van der Waals surface area (Å²) in [5.74, 6) is 0.234. The van der Waals surface area contributed by atoms with Crippen molar-refractivity contribution in [1.82, 2.24) is 4.57 Å².